The lowest BCUT2D eigenvalue weighted by molar-refractivity contribution is -0.129. The van der Waals surface area contributed by atoms with Gasteiger partial charge in [0.25, 0.3) is 5.91 Å². The smallest absolute Gasteiger partial charge is 0.357 e. The summed E-state index contributed by atoms with van der Waals surface area (Å²) in [5.41, 5.74) is 2.91. The third-order valence-electron chi connectivity index (χ3n) is 4.81. The number of H-pyrrole nitrogens is 1. The number of hydrogen-bond acceptors (Lipinski definition) is 4. The van der Waals surface area contributed by atoms with E-state index in [1.807, 2.05) is 60.7 Å². The zero-order valence-corrected chi connectivity index (χ0v) is 16.6. The molecule has 0 aliphatic rings. The lowest BCUT2D eigenvalue weighted by Gasteiger charge is -2.18. The number of amides is 1. The molecule has 0 aliphatic heterocycles. The number of aromatic amines is 1. The van der Waals surface area contributed by atoms with E-state index in [1.54, 1.807) is 13.0 Å². The van der Waals surface area contributed by atoms with Crippen LogP contribution in [0.4, 0.5) is 0 Å². The number of esters is 1. The summed E-state index contributed by atoms with van der Waals surface area (Å²) in [7, 11) is 0. The Labute approximate surface area is 170 Å². The standard InChI is InChI=1S/C23H25N3O3/c1-3-17(18-10-6-4-7-11-18)15-24-22(27)16(2)29-23(28)21-14-20(25-26-21)19-12-8-5-9-13-19/h4-14,16-17H,3,15H2,1-2H3,(H,24,27)(H,25,26)/t16-,17-/m0/s1. The first-order valence-electron chi connectivity index (χ1n) is 9.73. The topological polar surface area (TPSA) is 84.1 Å². The summed E-state index contributed by atoms with van der Waals surface area (Å²) >= 11 is 0. The number of nitrogens with one attached hydrogen (secondary N) is 2. The highest BCUT2D eigenvalue weighted by Gasteiger charge is 2.21. The van der Waals surface area contributed by atoms with Gasteiger partial charge >= 0.3 is 5.97 Å². The lowest BCUT2D eigenvalue weighted by Crippen LogP contribution is -2.38. The van der Waals surface area contributed by atoms with Crippen molar-refractivity contribution in [2.75, 3.05) is 6.54 Å². The molecule has 150 valence electrons. The van der Waals surface area contributed by atoms with E-state index in [2.05, 4.69) is 22.4 Å². The van der Waals surface area contributed by atoms with Crippen LogP contribution in [0.5, 0.6) is 0 Å². The van der Waals surface area contributed by atoms with Gasteiger partial charge in [0, 0.05) is 18.0 Å². The molecular weight excluding hydrogens is 366 g/mol. The third-order valence-corrected chi connectivity index (χ3v) is 4.81. The van der Waals surface area contributed by atoms with Gasteiger partial charge in [-0.1, -0.05) is 67.6 Å². The molecule has 2 atom stereocenters. The molecule has 3 rings (SSSR count). The monoisotopic (exact) mass is 391 g/mol. The van der Waals surface area contributed by atoms with E-state index >= 15 is 0 Å². The van der Waals surface area contributed by atoms with Crippen molar-refractivity contribution in [3.05, 3.63) is 78.0 Å². The molecule has 3 aromatic rings. The highest BCUT2D eigenvalue weighted by Crippen LogP contribution is 2.19. The maximum Gasteiger partial charge on any atom is 0.357 e. The summed E-state index contributed by atoms with van der Waals surface area (Å²) in [6.45, 7) is 4.13. The second kappa shape index (κ2) is 9.68. The van der Waals surface area contributed by atoms with E-state index < -0.39 is 12.1 Å². The number of aromatic nitrogens is 2. The molecule has 2 N–H and O–H groups in total. The van der Waals surface area contributed by atoms with E-state index in [-0.39, 0.29) is 17.5 Å². The normalized spacial score (nSPS) is 12.8. The van der Waals surface area contributed by atoms with Crippen molar-refractivity contribution >= 4 is 11.9 Å². The van der Waals surface area contributed by atoms with E-state index in [0.29, 0.717) is 12.2 Å². The highest BCUT2D eigenvalue weighted by molar-refractivity contribution is 5.91. The van der Waals surface area contributed by atoms with Crippen molar-refractivity contribution in [3.8, 4) is 11.3 Å². The zero-order chi connectivity index (χ0) is 20.6. The van der Waals surface area contributed by atoms with Gasteiger partial charge < -0.3 is 10.1 Å². The van der Waals surface area contributed by atoms with E-state index in [1.165, 1.54) is 5.56 Å². The van der Waals surface area contributed by atoms with Gasteiger partial charge in [-0.05, 0) is 25.0 Å². The molecule has 1 aromatic heterocycles. The molecule has 0 unspecified atom stereocenters. The second-order valence-corrected chi connectivity index (χ2v) is 6.84. The summed E-state index contributed by atoms with van der Waals surface area (Å²) in [4.78, 5) is 24.7. The molecule has 0 saturated heterocycles. The number of rotatable bonds is 8. The Balaban J connectivity index is 1.54. The van der Waals surface area contributed by atoms with Gasteiger partial charge in [0.05, 0.1) is 5.69 Å². The highest BCUT2D eigenvalue weighted by atomic mass is 16.5. The summed E-state index contributed by atoms with van der Waals surface area (Å²) < 4.78 is 5.30. The molecule has 6 nitrogen and oxygen atoms in total. The van der Waals surface area contributed by atoms with Crippen LogP contribution in [0.2, 0.25) is 0 Å². The molecule has 0 spiro atoms. The van der Waals surface area contributed by atoms with Crippen LogP contribution in [-0.4, -0.2) is 34.7 Å². The third kappa shape index (κ3) is 5.31. The molecule has 29 heavy (non-hydrogen) atoms. The number of benzene rings is 2. The first-order chi connectivity index (χ1) is 14.1. The molecule has 1 heterocycles. The fraction of sp³-hybridized carbons (Fsp3) is 0.261. The molecule has 0 bridgehead atoms. The minimum atomic E-state index is -0.903. The summed E-state index contributed by atoms with van der Waals surface area (Å²) in [6, 6.07) is 21.2. The molecule has 1 amide bonds. The molecular formula is C23H25N3O3. The molecule has 0 fully saturated rings. The summed E-state index contributed by atoms with van der Waals surface area (Å²) in [5, 5.41) is 9.69. The van der Waals surface area contributed by atoms with Gasteiger partial charge in [-0.2, -0.15) is 5.10 Å². The molecule has 0 radical (unpaired) electrons. The van der Waals surface area contributed by atoms with Crippen LogP contribution in [0, 0.1) is 0 Å². The van der Waals surface area contributed by atoms with Crippen LogP contribution in [0.3, 0.4) is 0 Å². The second-order valence-electron chi connectivity index (χ2n) is 6.84. The fourth-order valence-corrected chi connectivity index (χ4v) is 3.05. The predicted octanol–water partition coefficient (Wildman–Crippen LogP) is 3.93. The number of nitrogens with zero attached hydrogens (tertiary/aromatic N) is 1. The van der Waals surface area contributed by atoms with Gasteiger partial charge in [-0.3, -0.25) is 9.89 Å². The molecule has 0 saturated carbocycles. The average molecular weight is 391 g/mol. The van der Waals surface area contributed by atoms with Crippen LogP contribution >= 0.6 is 0 Å². The van der Waals surface area contributed by atoms with Crippen LogP contribution in [0.15, 0.2) is 66.7 Å². The number of carbonyl (C=O) groups is 2. The maximum atomic E-state index is 12.4. The fourth-order valence-electron chi connectivity index (χ4n) is 3.05. The summed E-state index contributed by atoms with van der Waals surface area (Å²) in [6.07, 6.45) is -0.00578. The van der Waals surface area contributed by atoms with Crippen molar-refractivity contribution in [2.24, 2.45) is 0 Å². The van der Waals surface area contributed by atoms with Crippen LogP contribution in [0.25, 0.3) is 11.3 Å². The Bertz CT molecular complexity index is 938. The maximum absolute atomic E-state index is 12.4. The Kier molecular flexibility index (Phi) is 6.79. The van der Waals surface area contributed by atoms with E-state index in [4.69, 9.17) is 4.74 Å². The SMILES string of the molecule is CC[C@@H](CNC(=O)[C@H](C)OC(=O)c1cc(-c2ccccc2)n[nH]1)c1ccccc1. The van der Waals surface area contributed by atoms with Gasteiger partial charge in [0.15, 0.2) is 6.10 Å². The predicted molar refractivity (Wildman–Crippen MR) is 111 cm³/mol. The Morgan fingerprint density at radius 2 is 1.72 bits per heavy atom. The van der Waals surface area contributed by atoms with Crippen molar-refractivity contribution in [3.63, 3.8) is 0 Å². The number of ether oxygens (including phenoxy) is 1. The molecule has 2 aromatic carbocycles. The number of hydrogen-bond donors (Lipinski definition) is 2. The quantitative estimate of drug-likeness (QED) is 0.570. The lowest BCUT2D eigenvalue weighted by atomic mass is 9.96. The Hall–Kier alpha value is -3.41. The van der Waals surface area contributed by atoms with E-state index in [9.17, 15) is 9.59 Å². The van der Waals surface area contributed by atoms with Crippen molar-refractivity contribution in [2.45, 2.75) is 32.3 Å². The zero-order valence-electron chi connectivity index (χ0n) is 16.6. The minimum Gasteiger partial charge on any atom is -0.448 e. The summed E-state index contributed by atoms with van der Waals surface area (Å²) in [5.74, 6) is -0.725. The molecule has 6 heteroatoms. The molecule has 0 aliphatic carbocycles. The van der Waals surface area contributed by atoms with E-state index in [0.717, 1.165) is 12.0 Å². The van der Waals surface area contributed by atoms with Crippen LogP contribution in [0.1, 0.15) is 42.2 Å². The van der Waals surface area contributed by atoms with Crippen molar-refractivity contribution in [1.29, 1.82) is 0 Å². The van der Waals surface area contributed by atoms with Gasteiger partial charge in [-0.15, -0.1) is 0 Å². The largest absolute Gasteiger partial charge is 0.448 e. The Morgan fingerprint density at radius 3 is 2.38 bits per heavy atom. The number of carbonyl (C=O) groups excluding carboxylic acids is 2. The van der Waals surface area contributed by atoms with Gasteiger partial charge in [0.2, 0.25) is 0 Å². The minimum absolute atomic E-state index is 0.208. The first kappa shape index (κ1) is 20.3. The van der Waals surface area contributed by atoms with Crippen LogP contribution in [-0.2, 0) is 9.53 Å². The van der Waals surface area contributed by atoms with Crippen molar-refractivity contribution in [1.82, 2.24) is 15.5 Å². The van der Waals surface area contributed by atoms with Crippen molar-refractivity contribution < 1.29 is 14.3 Å². The average Bonchev–Trinajstić information content (AvgIpc) is 3.26. The Morgan fingerprint density at radius 1 is 1.07 bits per heavy atom. The first-order valence-corrected chi connectivity index (χ1v) is 9.73. The van der Waals surface area contributed by atoms with Gasteiger partial charge in [-0.25, -0.2) is 4.79 Å². The van der Waals surface area contributed by atoms with Crippen LogP contribution < -0.4 is 5.32 Å². The van der Waals surface area contributed by atoms with Gasteiger partial charge in [0.1, 0.15) is 5.69 Å².